The first-order valence-electron chi connectivity index (χ1n) is 15.5. The molecule has 0 aromatic heterocycles. The topological polar surface area (TPSA) is 0 Å². The van der Waals surface area contributed by atoms with E-state index in [4.69, 9.17) is 0 Å². The normalized spacial score (nSPS) is 25.5. The summed E-state index contributed by atoms with van der Waals surface area (Å²) < 4.78 is 6.55. The zero-order valence-corrected chi connectivity index (χ0v) is 32.3. The summed E-state index contributed by atoms with van der Waals surface area (Å²) in [6.07, 6.45) is 40.1. The Morgan fingerprint density at radius 1 is 0.343 bits per heavy atom. The van der Waals surface area contributed by atoms with Crippen molar-refractivity contribution in [3.63, 3.8) is 0 Å². The molecule has 0 N–H and O–H groups in total. The van der Waals surface area contributed by atoms with Crippen molar-refractivity contribution in [1.82, 2.24) is 0 Å². The van der Waals surface area contributed by atoms with Crippen LogP contribution in [0.4, 0.5) is 0 Å². The molecule has 0 aliphatic heterocycles. The fourth-order valence-corrected chi connectivity index (χ4v) is 29.2. The van der Waals surface area contributed by atoms with Crippen LogP contribution in [0, 0.1) is 0 Å². The molecular formula is C30H55Br2ClSn2. The zero-order chi connectivity index (χ0) is 21.8. The molecule has 204 valence electrons. The van der Waals surface area contributed by atoms with Gasteiger partial charge in [0.1, 0.15) is 0 Å². The third-order valence-electron chi connectivity index (χ3n) is 9.91. The maximum absolute atomic E-state index is 1.67. The van der Waals surface area contributed by atoms with Crippen LogP contribution in [0.1, 0.15) is 161 Å². The first kappa shape index (κ1) is 35.9. The third-order valence-corrected chi connectivity index (χ3v) is 28.9. The second-order valence-electron chi connectivity index (χ2n) is 12.3. The van der Waals surface area contributed by atoms with E-state index in [1.165, 1.54) is 19.7 Å². The second kappa shape index (κ2) is 21.6. The summed E-state index contributed by atoms with van der Waals surface area (Å²) in [6, 6.07) is 0. The van der Waals surface area contributed by atoms with Crippen LogP contribution in [0.3, 0.4) is 0 Å². The van der Waals surface area contributed by atoms with Crippen molar-refractivity contribution in [2.75, 3.05) is 0 Å². The third kappa shape index (κ3) is 12.9. The van der Waals surface area contributed by atoms with Crippen LogP contribution in [-0.4, -0.2) is 40.9 Å². The van der Waals surface area contributed by atoms with E-state index in [2.05, 4.69) is 0 Å². The van der Waals surface area contributed by atoms with Crippen LogP contribution in [0.5, 0.6) is 0 Å². The van der Waals surface area contributed by atoms with E-state index in [9.17, 15) is 0 Å². The average molecular weight is 848 g/mol. The number of halogens is 3. The van der Waals surface area contributed by atoms with Crippen molar-refractivity contribution in [3.8, 4) is 0 Å². The van der Waals surface area contributed by atoms with E-state index in [1.54, 1.807) is 161 Å². The smallest absolute Gasteiger partial charge is 1.00 e. The SMILES string of the molecule is C1CC[CH]([Sn+2][CH]2CCCCC2)CC1.C1CC[CH]([Sn+]([CH]2CCCCC2)[CH]2CCCCC2)CC1.[Br-].[Br-].[Cl-]. The first-order chi connectivity index (χ1) is 15.9. The van der Waals surface area contributed by atoms with Crippen molar-refractivity contribution < 1.29 is 46.4 Å². The van der Waals surface area contributed by atoms with E-state index >= 15 is 0 Å². The summed E-state index contributed by atoms with van der Waals surface area (Å²) in [5, 5.41) is 0. The van der Waals surface area contributed by atoms with Gasteiger partial charge in [-0.15, -0.1) is 0 Å². The van der Waals surface area contributed by atoms with Gasteiger partial charge in [-0.1, -0.05) is 0 Å². The Balaban J connectivity index is 0.000000341. The van der Waals surface area contributed by atoms with E-state index in [-0.39, 0.29) is 67.5 Å². The molecular weight excluding hydrogens is 793 g/mol. The summed E-state index contributed by atoms with van der Waals surface area (Å²) in [5.41, 5.74) is 0. The number of hydrogen-bond donors (Lipinski definition) is 0. The van der Waals surface area contributed by atoms with E-state index in [0.717, 1.165) is 0 Å². The van der Waals surface area contributed by atoms with Crippen molar-refractivity contribution in [2.24, 2.45) is 0 Å². The van der Waals surface area contributed by atoms with Crippen LogP contribution >= 0.6 is 0 Å². The Hall–Kier alpha value is 2.85. The van der Waals surface area contributed by atoms with Crippen molar-refractivity contribution >= 4 is 40.9 Å². The molecule has 0 unspecified atom stereocenters. The Kier molecular flexibility index (Phi) is 22.1. The van der Waals surface area contributed by atoms with Gasteiger partial charge >= 0.3 is 221 Å². The van der Waals surface area contributed by atoms with Gasteiger partial charge in [0.2, 0.25) is 0 Å². The molecule has 0 aromatic rings. The second-order valence-corrected chi connectivity index (χ2v) is 27.8. The summed E-state index contributed by atoms with van der Waals surface area (Å²) in [5.74, 6) is 0. The minimum absolute atomic E-state index is 0. The summed E-state index contributed by atoms with van der Waals surface area (Å²) in [7, 11) is 0. The van der Waals surface area contributed by atoms with Crippen LogP contribution in [0.25, 0.3) is 0 Å². The molecule has 0 bridgehead atoms. The Morgan fingerprint density at radius 3 is 0.829 bits per heavy atom. The predicted octanol–water partition coefficient (Wildman–Crippen LogP) is 1.69. The van der Waals surface area contributed by atoms with Gasteiger partial charge < -0.3 is 46.4 Å². The molecule has 0 amide bonds. The molecule has 5 fully saturated rings. The zero-order valence-electron chi connectivity index (χ0n) is 22.7. The Labute approximate surface area is 264 Å². The maximum atomic E-state index is 1.67. The molecule has 5 heteroatoms. The molecule has 5 saturated carbocycles. The van der Waals surface area contributed by atoms with Gasteiger partial charge in [0.05, 0.1) is 0 Å². The van der Waals surface area contributed by atoms with Gasteiger partial charge in [0.15, 0.2) is 0 Å². The van der Waals surface area contributed by atoms with Crippen molar-refractivity contribution in [2.45, 2.75) is 180 Å². The standard InChI is InChI=1S/5C6H11.2BrH.ClH.2Sn/c5*1-2-4-6-5-3-1;;;;;/h5*1H,2-6H2;3*1H;;/q;;;;;;;;+1;+2/p-3. The van der Waals surface area contributed by atoms with E-state index in [0.29, 0.717) is 0 Å². The van der Waals surface area contributed by atoms with E-state index in [1.807, 2.05) is 0 Å². The Bertz CT molecular complexity index is 420. The molecule has 0 heterocycles. The fourth-order valence-electron chi connectivity index (χ4n) is 8.18. The predicted molar refractivity (Wildman–Crippen MR) is 146 cm³/mol. The van der Waals surface area contributed by atoms with Gasteiger partial charge in [-0.3, -0.25) is 0 Å². The van der Waals surface area contributed by atoms with Gasteiger partial charge in [0.25, 0.3) is 0 Å². The summed E-state index contributed by atoms with van der Waals surface area (Å²) >= 11 is -1.11. The average Bonchev–Trinajstić information content (AvgIpc) is 2.88. The van der Waals surface area contributed by atoms with Gasteiger partial charge in [-0.2, -0.15) is 0 Å². The Morgan fingerprint density at radius 2 is 0.571 bits per heavy atom. The van der Waals surface area contributed by atoms with E-state index < -0.39 is 19.8 Å². The summed E-state index contributed by atoms with van der Waals surface area (Å²) in [4.78, 5) is 0. The van der Waals surface area contributed by atoms with Gasteiger partial charge in [-0.25, -0.2) is 0 Å². The van der Waals surface area contributed by atoms with Crippen molar-refractivity contribution in [1.29, 1.82) is 0 Å². The van der Waals surface area contributed by atoms with Crippen LogP contribution in [-0.2, 0) is 0 Å². The molecule has 0 spiro atoms. The number of rotatable bonds is 5. The largest absolute Gasteiger partial charge is 1.00 e. The molecule has 0 saturated heterocycles. The molecule has 35 heavy (non-hydrogen) atoms. The van der Waals surface area contributed by atoms with Gasteiger partial charge in [-0.05, 0) is 0 Å². The quantitative estimate of drug-likeness (QED) is 0.371. The fraction of sp³-hybridized carbons (Fsp3) is 1.00. The molecule has 0 nitrogen and oxygen atoms in total. The monoisotopic (exact) mass is 848 g/mol. The molecule has 5 aliphatic carbocycles. The first-order valence-corrected chi connectivity index (χ1v) is 23.8. The molecule has 0 atom stereocenters. The minimum atomic E-state index is -1.15. The molecule has 0 radical (unpaired) electrons. The molecule has 5 rings (SSSR count). The van der Waals surface area contributed by atoms with Crippen LogP contribution in [0.2, 0.25) is 19.7 Å². The van der Waals surface area contributed by atoms with Crippen LogP contribution in [0.15, 0.2) is 0 Å². The van der Waals surface area contributed by atoms with Crippen LogP contribution < -0.4 is 46.4 Å². The maximum Gasteiger partial charge on any atom is -1.00 e. The number of hydrogen-bond acceptors (Lipinski definition) is 0. The van der Waals surface area contributed by atoms with Gasteiger partial charge in [0, 0.05) is 0 Å². The minimum Gasteiger partial charge on any atom is -1.00 e. The molecule has 5 aliphatic rings. The van der Waals surface area contributed by atoms with Crippen molar-refractivity contribution in [3.05, 3.63) is 0 Å². The summed E-state index contributed by atoms with van der Waals surface area (Å²) in [6.45, 7) is 0. The molecule has 0 aromatic carbocycles.